The highest BCUT2D eigenvalue weighted by molar-refractivity contribution is 5.83. The Morgan fingerprint density at radius 2 is 1.88 bits per heavy atom. The normalized spacial score (nSPS) is 16.4. The molecule has 4 nitrogen and oxygen atoms in total. The minimum atomic E-state index is -0.887. The maximum absolute atomic E-state index is 11.7. The first-order chi connectivity index (χ1) is 12.6. The number of ether oxygens (including phenoxy) is 1. The minimum absolute atomic E-state index is 0.0189. The van der Waals surface area contributed by atoms with E-state index in [2.05, 4.69) is 37.3 Å². The highest BCUT2D eigenvalue weighted by Gasteiger charge is 2.31. The molecule has 1 amide bonds. The number of rotatable bonds is 2. The van der Waals surface area contributed by atoms with E-state index < -0.39 is 6.09 Å². The number of carbonyl (C=O) groups is 1. The van der Waals surface area contributed by atoms with E-state index in [1.807, 2.05) is 24.3 Å². The highest BCUT2D eigenvalue weighted by atomic mass is 16.5. The van der Waals surface area contributed by atoms with Gasteiger partial charge in [0.25, 0.3) is 0 Å². The summed E-state index contributed by atoms with van der Waals surface area (Å²) in [7, 11) is 1.64. The Kier molecular flexibility index (Phi) is 4.03. The van der Waals surface area contributed by atoms with Gasteiger partial charge in [-0.3, -0.25) is 0 Å². The van der Waals surface area contributed by atoms with Gasteiger partial charge in [0, 0.05) is 19.0 Å². The Balaban J connectivity index is 1.87. The van der Waals surface area contributed by atoms with Gasteiger partial charge in [0.05, 0.1) is 7.11 Å². The molecule has 0 radical (unpaired) electrons. The zero-order valence-corrected chi connectivity index (χ0v) is 14.9. The molecule has 4 heteroatoms. The molecule has 0 saturated carbocycles. The van der Waals surface area contributed by atoms with Crippen LogP contribution in [0.4, 0.5) is 4.79 Å². The summed E-state index contributed by atoms with van der Waals surface area (Å²) in [5, 5.41) is 12.0. The maximum Gasteiger partial charge on any atom is 0.407 e. The van der Waals surface area contributed by atoms with Crippen molar-refractivity contribution in [3.05, 3.63) is 76.9 Å². The second kappa shape index (κ2) is 6.37. The molecule has 3 aromatic rings. The van der Waals surface area contributed by atoms with Gasteiger partial charge in [-0.1, -0.05) is 42.5 Å². The van der Waals surface area contributed by atoms with Crippen LogP contribution in [0.3, 0.4) is 0 Å². The standard InChI is InChI=1S/C22H21NO3/c1-14-9-19(26-2)11-18-12-23(22(24)25)13-20(21(14)18)17-8-7-15-5-3-4-6-16(15)10-17/h3-11,20H,12-13H2,1-2H3,(H,24,25). The van der Waals surface area contributed by atoms with E-state index in [9.17, 15) is 9.90 Å². The molecular weight excluding hydrogens is 326 g/mol. The molecule has 4 rings (SSSR count). The smallest absolute Gasteiger partial charge is 0.407 e. The van der Waals surface area contributed by atoms with Crippen molar-refractivity contribution in [2.24, 2.45) is 0 Å². The summed E-state index contributed by atoms with van der Waals surface area (Å²) in [4.78, 5) is 13.2. The molecular formula is C22H21NO3. The summed E-state index contributed by atoms with van der Waals surface area (Å²) in [5.74, 6) is 0.788. The fraction of sp³-hybridized carbons (Fsp3) is 0.227. The number of fused-ring (bicyclic) bond motifs is 2. The van der Waals surface area contributed by atoms with Crippen molar-refractivity contribution < 1.29 is 14.6 Å². The lowest BCUT2D eigenvalue weighted by molar-refractivity contribution is 0.137. The van der Waals surface area contributed by atoms with Gasteiger partial charge >= 0.3 is 6.09 Å². The average Bonchev–Trinajstić information content (AvgIpc) is 2.66. The van der Waals surface area contributed by atoms with Crippen LogP contribution in [0.5, 0.6) is 5.75 Å². The van der Waals surface area contributed by atoms with Crippen molar-refractivity contribution in [3.8, 4) is 5.75 Å². The molecule has 0 saturated heterocycles. The lowest BCUT2D eigenvalue weighted by Gasteiger charge is -2.35. The van der Waals surface area contributed by atoms with Crippen molar-refractivity contribution >= 4 is 16.9 Å². The molecule has 0 fully saturated rings. The molecule has 1 aliphatic rings. The molecule has 0 bridgehead atoms. The van der Waals surface area contributed by atoms with Gasteiger partial charge in [-0.05, 0) is 52.1 Å². The third-order valence-electron chi connectivity index (χ3n) is 5.24. The average molecular weight is 347 g/mol. The van der Waals surface area contributed by atoms with E-state index in [-0.39, 0.29) is 5.92 Å². The van der Waals surface area contributed by atoms with Gasteiger partial charge in [0.2, 0.25) is 0 Å². The van der Waals surface area contributed by atoms with E-state index >= 15 is 0 Å². The van der Waals surface area contributed by atoms with Crippen molar-refractivity contribution in [1.29, 1.82) is 0 Å². The molecule has 26 heavy (non-hydrogen) atoms. The summed E-state index contributed by atoms with van der Waals surface area (Å²) in [5.41, 5.74) is 4.53. The summed E-state index contributed by atoms with van der Waals surface area (Å²) < 4.78 is 5.39. The van der Waals surface area contributed by atoms with Crippen LogP contribution in [-0.4, -0.2) is 29.8 Å². The first-order valence-corrected chi connectivity index (χ1v) is 8.71. The number of amides is 1. The Bertz CT molecular complexity index is 996. The predicted octanol–water partition coefficient (Wildman–Crippen LogP) is 4.78. The summed E-state index contributed by atoms with van der Waals surface area (Å²) in [6, 6.07) is 18.6. The van der Waals surface area contributed by atoms with Crippen LogP contribution in [0, 0.1) is 6.92 Å². The van der Waals surface area contributed by atoms with Gasteiger partial charge in [0.1, 0.15) is 5.75 Å². The largest absolute Gasteiger partial charge is 0.497 e. The van der Waals surface area contributed by atoms with Crippen LogP contribution in [-0.2, 0) is 6.54 Å². The quantitative estimate of drug-likeness (QED) is 0.725. The molecule has 1 aliphatic heterocycles. The second-order valence-electron chi connectivity index (χ2n) is 6.84. The number of aryl methyl sites for hydroxylation is 1. The molecule has 0 aromatic heterocycles. The minimum Gasteiger partial charge on any atom is -0.497 e. The van der Waals surface area contributed by atoms with Gasteiger partial charge in [-0.15, -0.1) is 0 Å². The van der Waals surface area contributed by atoms with Crippen molar-refractivity contribution in [3.63, 3.8) is 0 Å². The number of methoxy groups -OCH3 is 1. The molecule has 0 spiro atoms. The van der Waals surface area contributed by atoms with E-state index in [0.29, 0.717) is 13.1 Å². The first kappa shape index (κ1) is 16.5. The van der Waals surface area contributed by atoms with E-state index in [1.165, 1.54) is 21.2 Å². The number of benzene rings is 3. The number of carboxylic acid groups (broad SMARTS) is 1. The fourth-order valence-corrected chi connectivity index (χ4v) is 4.01. The van der Waals surface area contributed by atoms with Gasteiger partial charge in [-0.25, -0.2) is 4.79 Å². The van der Waals surface area contributed by atoms with E-state index in [4.69, 9.17) is 4.74 Å². The topological polar surface area (TPSA) is 49.8 Å². The van der Waals surface area contributed by atoms with Crippen LogP contribution in [0.25, 0.3) is 10.8 Å². The molecule has 1 unspecified atom stereocenters. The Hall–Kier alpha value is -3.01. The van der Waals surface area contributed by atoms with E-state index in [0.717, 1.165) is 22.4 Å². The lowest BCUT2D eigenvalue weighted by Crippen LogP contribution is -2.38. The molecule has 1 atom stereocenters. The Morgan fingerprint density at radius 1 is 1.12 bits per heavy atom. The number of hydrogen-bond donors (Lipinski definition) is 1. The van der Waals surface area contributed by atoms with Crippen molar-refractivity contribution in [1.82, 2.24) is 4.90 Å². The van der Waals surface area contributed by atoms with Crippen LogP contribution < -0.4 is 4.74 Å². The van der Waals surface area contributed by atoms with Crippen molar-refractivity contribution in [2.45, 2.75) is 19.4 Å². The maximum atomic E-state index is 11.7. The Morgan fingerprint density at radius 3 is 2.62 bits per heavy atom. The van der Waals surface area contributed by atoms with Gasteiger partial charge < -0.3 is 14.7 Å². The SMILES string of the molecule is COc1cc(C)c2c(c1)CN(C(=O)O)CC2c1ccc2ccccc2c1. The molecule has 132 valence electrons. The van der Waals surface area contributed by atoms with Crippen LogP contribution in [0.2, 0.25) is 0 Å². The molecule has 0 aliphatic carbocycles. The zero-order chi connectivity index (χ0) is 18.3. The summed E-state index contributed by atoms with van der Waals surface area (Å²) in [6.07, 6.45) is -0.887. The molecule has 1 heterocycles. The lowest BCUT2D eigenvalue weighted by atomic mass is 9.81. The monoisotopic (exact) mass is 347 g/mol. The van der Waals surface area contributed by atoms with Crippen LogP contribution >= 0.6 is 0 Å². The highest BCUT2D eigenvalue weighted by Crippen LogP contribution is 2.38. The fourth-order valence-electron chi connectivity index (χ4n) is 4.01. The van der Waals surface area contributed by atoms with Crippen LogP contribution in [0.1, 0.15) is 28.2 Å². The van der Waals surface area contributed by atoms with Crippen molar-refractivity contribution in [2.75, 3.05) is 13.7 Å². The Labute approximate surface area is 152 Å². The second-order valence-corrected chi connectivity index (χ2v) is 6.84. The number of hydrogen-bond acceptors (Lipinski definition) is 2. The summed E-state index contributed by atoms with van der Waals surface area (Å²) in [6.45, 7) is 2.94. The number of nitrogens with zero attached hydrogens (tertiary/aromatic N) is 1. The third kappa shape index (κ3) is 2.77. The van der Waals surface area contributed by atoms with Gasteiger partial charge in [0.15, 0.2) is 0 Å². The zero-order valence-electron chi connectivity index (χ0n) is 14.9. The van der Waals surface area contributed by atoms with Gasteiger partial charge in [-0.2, -0.15) is 0 Å². The van der Waals surface area contributed by atoms with E-state index in [1.54, 1.807) is 7.11 Å². The third-order valence-corrected chi connectivity index (χ3v) is 5.24. The first-order valence-electron chi connectivity index (χ1n) is 8.71. The summed E-state index contributed by atoms with van der Waals surface area (Å²) >= 11 is 0. The molecule has 1 N–H and O–H groups in total. The molecule has 3 aromatic carbocycles. The predicted molar refractivity (Wildman–Crippen MR) is 102 cm³/mol. The van der Waals surface area contributed by atoms with Crippen LogP contribution in [0.15, 0.2) is 54.6 Å².